The van der Waals surface area contributed by atoms with Gasteiger partial charge < -0.3 is 15.5 Å². The van der Waals surface area contributed by atoms with Crippen molar-refractivity contribution in [3.05, 3.63) is 112 Å². The Morgan fingerprint density at radius 1 is 0.967 bits per heavy atom. The number of hydrogen-bond donors (Lipinski definition) is 2. The van der Waals surface area contributed by atoms with E-state index in [1.807, 2.05) is 61.6 Å². The van der Waals surface area contributed by atoms with E-state index in [2.05, 4.69) is 39.8 Å². The molecule has 0 radical (unpaired) electrons. The average molecular weight is 431 g/mol. The van der Waals surface area contributed by atoms with Crippen LogP contribution in [0.15, 0.2) is 95.4 Å². The first-order valence-corrected chi connectivity index (χ1v) is 10.4. The summed E-state index contributed by atoms with van der Waals surface area (Å²) < 4.78 is 0. The molecule has 30 heavy (non-hydrogen) atoms. The van der Waals surface area contributed by atoms with Crippen LogP contribution in [0.5, 0.6) is 0 Å². The topological polar surface area (TPSA) is 39.7 Å². The minimum Gasteiger partial charge on any atom is -0.350 e. The van der Waals surface area contributed by atoms with Crippen LogP contribution in [0.3, 0.4) is 0 Å². The average Bonchev–Trinajstić information content (AvgIpc) is 2.89. The second kappa shape index (κ2) is 7.59. The van der Waals surface area contributed by atoms with Gasteiger partial charge in [0.2, 0.25) is 0 Å². The van der Waals surface area contributed by atoms with Gasteiger partial charge in [-0.2, -0.15) is 0 Å². The number of thiocarbonyl (C=S) groups is 1. The molecule has 1 unspecified atom stereocenters. The summed E-state index contributed by atoms with van der Waals surface area (Å²) in [5, 5.41) is 7.96. The molecule has 0 amide bonds. The van der Waals surface area contributed by atoms with Gasteiger partial charge >= 0.3 is 0 Å². The first-order chi connectivity index (χ1) is 14.6. The maximum atomic E-state index is 6.40. The summed E-state index contributed by atoms with van der Waals surface area (Å²) >= 11 is 11.9. The van der Waals surface area contributed by atoms with Crippen molar-refractivity contribution in [1.82, 2.24) is 10.6 Å². The van der Waals surface area contributed by atoms with Crippen molar-refractivity contribution >= 4 is 40.3 Å². The zero-order valence-corrected chi connectivity index (χ0v) is 17.8. The molecule has 0 spiro atoms. The zero-order chi connectivity index (χ0) is 20.7. The SMILES string of the molecule is CN1C2=C(N=C(c3ccccc3)c3cc(Cl)ccc31)C(c1ccccc1)NC(=S)N2. The Morgan fingerprint density at radius 3 is 2.40 bits per heavy atom. The van der Waals surface area contributed by atoms with Crippen LogP contribution in [0.25, 0.3) is 0 Å². The summed E-state index contributed by atoms with van der Waals surface area (Å²) in [4.78, 5) is 7.30. The Morgan fingerprint density at radius 2 is 1.67 bits per heavy atom. The zero-order valence-electron chi connectivity index (χ0n) is 16.3. The lowest BCUT2D eigenvalue weighted by molar-refractivity contribution is 0.672. The molecule has 0 saturated carbocycles. The minimum atomic E-state index is -0.166. The van der Waals surface area contributed by atoms with Gasteiger partial charge in [-0.25, -0.2) is 4.99 Å². The molecular weight excluding hydrogens is 412 g/mol. The second-order valence-corrected chi connectivity index (χ2v) is 8.07. The molecule has 2 aliphatic rings. The quantitative estimate of drug-likeness (QED) is 0.560. The first-order valence-electron chi connectivity index (χ1n) is 9.66. The molecule has 6 heteroatoms. The molecule has 0 bridgehead atoms. The molecule has 148 valence electrons. The van der Waals surface area contributed by atoms with Gasteiger partial charge in [0, 0.05) is 23.2 Å². The number of nitrogens with zero attached hydrogens (tertiary/aromatic N) is 2. The molecule has 2 aliphatic heterocycles. The Kier molecular flexibility index (Phi) is 4.77. The predicted octanol–water partition coefficient (Wildman–Crippen LogP) is 5.02. The number of benzene rings is 3. The molecule has 4 nitrogen and oxygen atoms in total. The molecule has 2 N–H and O–H groups in total. The minimum absolute atomic E-state index is 0.166. The first kappa shape index (κ1) is 18.9. The van der Waals surface area contributed by atoms with Crippen molar-refractivity contribution in [3.8, 4) is 0 Å². The standard InChI is InChI=1S/C24H19ClN4S/c1-29-19-13-12-17(25)14-18(19)20(15-8-4-2-5-9-15)26-22-21(16-10-6-3-7-11-16)27-24(30)28-23(22)29/h2-14,21H,1H3,(H2,27,28,30). The molecule has 0 saturated heterocycles. The number of nitrogens with one attached hydrogen (secondary N) is 2. The van der Waals surface area contributed by atoms with E-state index in [9.17, 15) is 0 Å². The largest absolute Gasteiger partial charge is 0.350 e. The van der Waals surface area contributed by atoms with Gasteiger partial charge in [-0.1, -0.05) is 72.3 Å². The summed E-state index contributed by atoms with van der Waals surface area (Å²) in [5.74, 6) is 0.863. The molecular formula is C24H19ClN4S. The number of fused-ring (bicyclic) bond motifs is 1. The number of hydrogen-bond acceptors (Lipinski definition) is 3. The number of rotatable bonds is 2. The lowest BCUT2D eigenvalue weighted by Crippen LogP contribution is -2.47. The van der Waals surface area contributed by atoms with Gasteiger partial charge in [0.1, 0.15) is 11.5 Å². The molecule has 0 fully saturated rings. The van der Waals surface area contributed by atoms with Crippen LogP contribution >= 0.6 is 23.8 Å². The smallest absolute Gasteiger partial charge is 0.172 e. The Balaban J connectivity index is 1.79. The summed E-state index contributed by atoms with van der Waals surface area (Å²) in [6.45, 7) is 0. The van der Waals surface area contributed by atoms with Crippen LogP contribution in [0.2, 0.25) is 5.02 Å². The fraction of sp³-hybridized carbons (Fsp3) is 0.0833. The van der Waals surface area contributed by atoms with Gasteiger partial charge in [0.25, 0.3) is 0 Å². The van der Waals surface area contributed by atoms with Crippen LogP contribution < -0.4 is 15.5 Å². The maximum absolute atomic E-state index is 6.40. The van der Waals surface area contributed by atoms with E-state index in [0.29, 0.717) is 10.1 Å². The maximum Gasteiger partial charge on any atom is 0.172 e. The lowest BCUT2D eigenvalue weighted by Gasteiger charge is -2.33. The number of halogens is 1. The Hall–Kier alpha value is -3.15. The van der Waals surface area contributed by atoms with E-state index in [-0.39, 0.29) is 6.04 Å². The van der Waals surface area contributed by atoms with Crippen molar-refractivity contribution in [2.24, 2.45) is 4.99 Å². The van der Waals surface area contributed by atoms with Crippen molar-refractivity contribution in [3.63, 3.8) is 0 Å². The highest BCUT2D eigenvalue weighted by atomic mass is 35.5. The van der Waals surface area contributed by atoms with E-state index in [0.717, 1.165) is 39.6 Å². The molecule has 1 atom stereocenters. The monoisotopic (exact) mass is 430 g/mol. The fourth-order valence-corrected chi connectivity index (χ4v) is 4.30. The van der Waals surface area contributed by atoms with Gasteiger partial charge in [-0.05, 0) is 36.0 Å². The summed E-state index contributed by atoms with van der Waals surface area (Å²) in [7, 11) is 2.02. The van der Waals surface area contributed by atoms with Crippen LogP contribution in [-0.2, 0) is 0 Å². The van der Waals surface area contributed by atoms with Crippen LogP contribution in [0, 0.1) is 0 Å². The molecule has 2 heterocycles. The Labute approximate surface area is 185 Å². The molecule has 3 aromatic carbocycles. The van der Waals surface area contributed by atoms with Gasteiger partial charge in [-0.3, -0.25) is 0 Å². The Bertz CT molecular complexity index is 1190. The fourth-order valence-electron chi connectivity index (χ4n) is 3.91. The van der Waals surface area contributed by atoms with E-state index < -0.39 is 0 Å². The van der Waals surface area contributed by atoms with Gasteiger partial charge in [0.15, 0.2) is 5.11 Å². The van der Waals surface area contributed by atoms with E-state index in [1.165, 1.54) is 0 Å². The molecule has 0 aliphatic carbocycles. The summed E-state index contributed by atoms with van der Waals surface area (Å²) in [5.41, 5.74) is 5.87. The summed E-state index contributed by atoms with van der Waals surface area (Å²) in [6.07, 6.45) is 0. The van der Waals surface area contributed by atoms with Gasteiger partial charge in [-0.15, -0.1) is 0 Å². The van der Waals surface area contributed by atoms with E-state index in [1.54, 1.807) is 0 Å². The van der Waals surface area contributed by atoms with E-state index >= 15 is 0 Å². The van der Waals surface area contributed by atoms with Crippen LogP contribution in [0.1, 0.15) is 22.7 Å². The third kappa shape index (κ3) is 3.26. The van der Waals surface area contributed by atoms with Crippen molar-refractivity contribution < 1.29 is 0 Å². The molecule has 0 aromatic heterocycles. The third-order valence-electron chi connectivity index (χ3n) is 5.35. The molecule has 3 aromatic rings. The van der Waals surface area contributed by atoms with Crippen LogP contribution in [-0.4, -0.2) is 17.9 Å². The third-order valence-corrected chi connectivity index (χ3v) is 5.80. The molecule has 5 rings (SSSR count). The van der Waals surface area contributed by atoms with Crippen LogP contribution in [0.4, 0.5) is 5.69 Å². The van der Waals surface area contributed by atoms with Gasteiger partial charge in [0.05, 0.1) is 17.4 Å². The van der Waals surface area contributed by atoms with Crippen molar-refractivity contribution in [1.29, 1.82) is 0 Å². The normalized spacial score (nSPS) is 17.9. The highest BCUT2D eigenvalue weighted by Gasteiger charge is 2.33. The highest BCUT2D eigenvalue weighted by molar-refractivity contribution is 7.80. The second-order valence-electron chi connectivity index (χ2n) is 7.22. The summed E-state index contributed by atoms with van der Waals surface area (Å²) in [6, 6.07) is 26.2. The van der Waals surface area contributed by atoms with E-state index in [4.69, 9.17) is 28.8 Å². The van der Waals surface area contributed by atoms with Crippen molar-refractivity contribution in [2.45, 2.75) is 6.04 Å². The highest BCUT2D eigenvalue weighted by Crippen LogP contribution is 2.37. The predicted molar refractivity (Wildman–Crippen MR) is 127 cm³/mol. The number of aliphatic imine (C=N–C) groups is 1. The van der Waals surface area contributed by atoms with Crippen molar-refractivity contribution in [2.75, 3.05) is 11.9 Å². The number of anilines is 1. The lowest BCUT2D eigenvalue weighted by atomic mass is 9.99.